The van der Waals surface area contributed by atoms with Gasteiger partial charge in [-0.05, 0) is 18.8 Å². The molecule has 1 saturated carbocycles. The minimum atomic E-state index is 0.692. The maximum absolute atomic E-state index is 8.33. The topological polar surface area (TPSA) is 23.8 Å². The maximum Gasteiger partial charge on any atom is 0.0908 e. The minimum absolute atomic E-state index is 0.692. The molecule has 1 heteroatoms. The fraction of sp³-hybridized carbons (Fsp3) is 0.700. The van der Waals surface area contributed by atoms with Crippen LogP contribution in [0.15, 0.2) is 12.2 Å². The smallest absolute Gasteiger partial charge is 0.0908 e. The molecule has 0 unspecified atom stereocenters. The van der Waals surface area contributed by atoms with Gasteiger partial charge in [0.25, 0.3) is 0 Å². The third kappa shape index (κ3) is 3.23. The van der Waals surface area contributed by atoms with Crippen molar-refractivity contribution in [3.05, 3.63) is 12.2 Å². The van der Waals surface area contributed by atoms with E-state index in [4.69, 9.17) is 5.26 Å². The lowest BCUT2D eigenvalue weighted by Crippen LogP contribution is -1.92. The molecule has 0 radical (unpaired) electrons. The Morgan fingerprint density at radius 2 is 1.73 bits per heavy atom. The Morgan fingerprint density at radius 1 is 1.09 bits per heavy atom. The lowest BCUT2D eigenvalue weighted by atomic mass is 10.0. The summed E-state index contributed by atoms with van der Waals surface area (Å²) in [5, 5.41) is 8.33. The molecule has 0 aromatic heterocycles. The van der Waals surface area contributed by atoms with E-state index in [2.05, 4.69) is 12.1 Å². The molecule has 0 bridgehead atoms. The molecule has 0 aromatic rings. The Morgan fingerprint density at radius 3 is 2.27 bits per heavy atom. The molecule has 1 rings (SSSR count). The summed E-state index contributed by atoms with van der Waals surface area (Å²) in [7, 11) is 0. The van der Waals surface area contributed by atoms with Crippen LogP contribution in [0.4, 0.5) is 0 Å². The highest BCUT2D eigenvalue weighted by Crippen LogP contribution is 2.23. The van der Waals surface area contributed by atoms with Crippen LogP contribution in [0.5, 0.6) is 0 Å². The Kier molecular flexibility index (Phi) is 3.75. The average molecular weight is 149 g/mol. The van der Waals surface area contributed by atoms with Crippen molar-refractivity contribution in [2.24, 2.45) is 5.92 Å². The summed E-state index contributed by atoms with van der Waals surface area (Å²) in [6.07, 6.45) is 11.8. The summed E-state index contributed by atoms with van der Waals surface area (Å²) in [6.45, 7) is 0. The van der Waals surface area contributed by atoms with E-state index in [9.17, 15) is 0 Å². The van der Waals surface area contributed by atoms with Gasteiger partial charge in [0.2, 0.25) is 0 Å². The first-order chi connectivity index (χ1) is 5.43. The molecule has 0 N–H and O–H groups in total. The average Bonchev–Trinajstić information content (AvgIpc) is 2.28. The summed E-state index contributed by atoms with van der Waals surface area (Å²) in [4.78, 5) is 0. The van der Waals surface area contributed by atoms with Crippen molar-refractivity contribution < 1.29 is 0 Å². The van der Waals surface area contributed by atoms with Crippen LogP contribution in [0.3, 0.4) is 0 Å². The van der Waals surface area contributed by atoms with Gasteiger partial charge in [0.15, 0.2) is 0 Å². The van der Waals surface area contributed by atoms with Crippen LogP contribution < -0.4 is 0 Å². The van der Waals surface area contributed by atoms with Gasteiger partial charge in [0.1, 0.15) is 0 Å². The van der Waals surface area contributed by atoms with Crippen LogP contribution in [0, 0.1) is 17.2 Å². The van der Waals surface area contributed by atoms with Crippen molar-refractivity contribution >= 4 is 0 Å². The molecular weight excluding hydrogens is 134 g/mol. The highest BCUT2D eigenvalue weighted by atomic mass is 14.2. The molecule has 1 nitrogen and oxygen atoms in total. The summed E-state index contributed by atoms with van der Waals surface area (Å²) < 4.78 is 0. The van der Waals surface area contributed by atoms with Crippen LogP contribution in [0.25, 0.3) is 0 Å². The van der Waals surface area contributed by atoms with E-state index >= 15 is 0 Å². The van der Waals surface area contributed by atoms with Gasteiger partial charge in [-0.15, -0.1) is 0 Å². The van der Waals surface area contributed by atoms with E-state index in [1.54, 1.807) is 6.08 Å². The molecule has 1 aliphatic rings. The maximum atomic E-state index is 8.33. The van der Waals surface area contributed by atoms with Crippen molar-refractivity contribution in [1.82, 2.24) is 0 Å². The van der Waals surface area contributed by atoms with Crippen LogP contribution in [-0.4, -0.2) is 0 Å². The van der Waals surface area contributed by atoms with E-state index in [-0.39, 0.29) is 0 Å². The number of allylic oxidation sites excluding steroid dienone is 2. The summed E-state index contributed by atoms with van der Waals surface area (Å²) in [5.74, 6) is 0.692. The van der Waals surface area contributed by atoms with Crippen LogP contribution in [0.1, 0.15) is 38.5 Å². The van der Waals surface area contributed by atoms with Crippen molar-refractivity contribution in [2.75, 3.05) is 0 Å². The van der Waals surface area contributed by atoms with Crippen molar-refractivity contribution in [1.29, 1.82) is 5.26 Å². The predicted molar refractivity (Wildman–Crippen MR) is 45.9 cm³/mol. The molecule has 0 saturated heterocycles. The van der Waals surface area contributed by atoms with Gasteiger partial charge in [-0.2, -0.15) is 5.26 Å². The van der Waals surface area contributed by atoms with Gasteiger partial charge in [0, 0.05) is 6.08 Å². The second-order valence-corrected chi connectivity index (χ2v) is 3.24. The fourth-order valence-corrected chi connectivity index (χ4v) is 1.68. The molecule has 1 aliphatic carbocycles. The third-order valence-corrected chi connectivity index (χ3v) is 2.34. The fourth-order valence-electron chi connectivity index (χ4n) is 1.68. The van der Waals surface area contributed by atoms with Gasteiger partial charge in [-0.1, -0.05) is 31.8 Å². The lowest BCUT2D eigenvalue weighted by molar-refractivity contribution is 0.559. The molecule has 0 spiro atoms. The van der Waals surface area contributed by atoms with E-state index in [1.807, 2.05) is 0 Å². The van der Waals surface area contributed by atoms with E-state index in [0.29, 0.717) is 5.92 Å². The highest BCUT2D eigenvalue weighted by molar-refractivity contribution is 5.04. The van der Waals surface area contributed by atoms with Gasteiger partial charge in [0.05, 0.1) is 6.07 Å². The monoisotopic (exact) mass is 149 g/mol. The second-order valence-electron chi connectivity index (χ2n) is 3.24. The van der Waals surface area contributed by atoms with Crippen molar-refractivity contribution in [3.63, 3.8) is 0 Å². The standard InChI is InChI=1S/C10H15N/c11-9-5-8-10-6-3-1-2-4-7-10/h5,8,10H,1-4,6-7H2/b8-5+. The van der Waals surface area contributed by atoms with E-state index in [0.717, 1.165) is 0 Å². The first kappa shape index (κ1) is 8.33. The van der Waals surface area contributed by atoms with Gasteiger partial charge >= 0.3 is 0 Å². The normalized spacial score (nSPS) is 21.4. The molecular formula is C10H15N. The van der Waals surface area contributed by atoms with Crippen LogP contribution in [-0.2, 0) is 0 Å². The number of nitrogens with zero attached hydrogens (tertiary/aromatic N) is 1. The van der Waals surface area contributed by atoms with Gasteiger partial charge < -0.3 is 0 Å². The minimum Gasteiger partial charge on any atom is -0.193 e. The summed E-state index contributed by atoms with van der Waals surface area (Å²) >= 11 is 0. The summed E-state index contributed by atoms with van der Waals surface area (Å²) in [6, 6.07) is 2.05. The van der Waals surface area contributed by atoms with E-state index < -0.39 is 0 Å². The Labute approximate surface area is 68.7 Å². The second kappa shape index (κ2) is 4.96. The van der Waals surface area contributed by atoms with Crippen LogP contribution >= 0.6 is 0 Å². The molecule has 0 atom stereocenters. The molecule has 0 amide bonds. The number of rotatable bonds is 1. The largest absolute Gasteiger partial charge is 0.193 e. The van der Waals surface area contributed by atoms with Crippen molar-refractivity contribution in [2.45, 2.75) is 38.5 Å². The SMILES string of the molecule is N#C/C=C/C1CCCCCC1. The highest BCUT2D eigenvalue weighted by Gasteiger charge is 2.07. The molecule has 11 heavy (non-hydrogen) atoms. The zero-order chi connectivity index (χ0) is 7.94. The van der Waals surface area contributed by atoms with Crippen molar-refractivity contribution in [3.8, 4) is 6.07 Å². The van der Waals surface area contributed by atoms with Gasteiger partial charge in [-0.3, -0.25) is 0 Å². The Hall–Kier alpha value is -0.770. The van der Waals surface area contributed by atoms with Crippen LogP contribution in [0.2, 0.25) is 0 Å². The first-order valence-corrected chi connectivity index (χ1v) is 4.50. The predicted octanol–water partition coefficient (Wildman–Crippen LogP) is 3.04. The zero-order valence-corrected chi connectivity index (χ0v) is 6.92. The molecule has 0 aromatic carbocycles. The Balaban J connectivity index is 2.32. The molecule has 1 fully saturated rings. The summed E-state index contributed by atoms with van der Waals surface area (Å²) in [5.41, 5.74) is 0. The zero-order valence-electron chi connectivity index (χ0n) is 6.92. The lowest BCUT2D eigenvalue weighted by Gasteiger charge is -2.05. The van der Waals surface area contributed by atoms with Gasteiger partial charge in [-0.25, -0.2) is 0 Å². The molecule has 60 valence electrons. The van der Waals surface area contributed by atoms with E-state index in [1.165, 1.54) is 38.5 Å². The Bertz CT molecular complexity index is 156. The number of nitriles is 1. The number of hydrogen-bond donors (Lipinski definition) is 0. The first-order valence-electron chi connectivity index (χ1n) is 4.50. The third-order valence-electron chi connectivity index (χ3n) is 2.34. The molecule has 0 aliphatic heterocycles. The number of hydrogen-bond acceptors (Lipinski definition) is 1. The molecule has 0 heterocycles. The quantitative estimate of drug-likeness (QED) is 0.415.